The molecule has 0 aliphatic carbocycles. The van der Waals surface area contributed by atoms with Gasteiger partial charge in [-0.15, -0.1) is 0 Å². The van der Waals surface area contributed by atoms with Gasteiger partial charge in [-0.25, -0.2) is 14.4 Å². The lowest BCUT2D eigenvalue weighted by molar-refractivity contribution is -0.138. The Labute approximate surface area is 145 Å². The molecule has 1 aromatic carbocycles. The maximum Gasteiger partial charge on any atom is 0.317 e. The van der Waals surface area contributed by atoms with Gasteiger partial charge in [-0.1, -0.05) is 12.1 Å². The molecule has 0 spiro atoms. The topological polar surface area (TPSA) is 69.6 Å². The summed E-state index contributed by atoms with van der Waals surface area (Å²) in [6, 6.07) is 6.27. The highest BCUT2D eigenvalue weighted by Gasteiger charge is 2.22. The molecule has 1 aromatic heterocycles. The van der Waals surface area contributed by atoms with Crippen LogP contribution in [0.25, 0.3) is 11.4 Å². The van der Waals surface area contributed by atoms with E-state index in [1.54, 1.807) is 12.1 Å². The normalized spacial score (nSPS) is 15.4. The van der Waals surface area contributed by atoms with Crippen molar-refractivity contribution in [3.8, 4) is 11.4 Å². The smallest absolute Gasteiger partial charge is 0.317 e. The molecule has 132 valence electrons. The van der Waals surface area contributed by atoms with Crippen LogP contribution in [0, 0.1) is 19.7 Å². The number of hydrogen-bond donors (Lipinski definition) is 1. The average molecular weight is 344 g/mol. The first-order valence-corrected chi connectivity index (χ1v) is 8.24. The number of rotatable bonds is 4. The number of piperazine rings is 1. The van der Waals surface area contributed by atoms with Gasteiger partial charge < -0.3 is 10.0 Å². The Balaban J connectivity index is 1.86. The monoisotopic (exact) mass is 344 g/mol. The van der Waals surface area contributed by atoms with Crippen LogP contribution >= 0.6 is 0 Å². The van der Waals surface area contributed by atoms with E-state index < -0.39 is 5.97 Å². The number of carboxylic acids is 1. The van der Waals surface area contributed by atoms with E-state index in [1.165, 1.54) is 12.1 Å². The highest BCUT2D eigenvalue weighted by molar-refractivity contribution is 5.69. The summed E-state index contributed by atoms with van der Waals surface area (Å²) in [6.45, 7) is 6.70. The molecule has 0 atom stereocenters. The quantitative estimate of drug-likeness (QED) is 0.916. The van der Waals surface area contributed by atoms with Crippen molar-refractivity contribution in [3.05, 3.63) is 41.3 Å². The van der Waals surface area contributed by atoms with E-state index >= 15 is 0 Å². The molecule has 0 amide bonds. The Hall–Kier alpha value is -2.54. The van der Waals surface area contributed by atoms with Gasteiger partial charge in [0.25, 0.3) is 0 Å². The minimum Gasteiger partial charge on any atom is -0.480 e. The van der Waals surface area contributed by atoms with E-state index in [1.807, 2.05) is 18.7 Å². The van der Waals surface area contributed by atoms with Gasteiger partial charge in [0.15, 0.2) is 5.82 Å². The molecule has 1 saturated heterocycles. The molecule has 2 heterocycles. The van der Waals surface area contributed by atoms with Crippen molar-refractivity contribution >= 4 is 11.8 Å². The standard InChI is InChI=1S/C18H21FN4O2/c1-12-13(2)20-17(14-4-3-5-15(19)10-14)21-18(12)23-8-6-22(7-9-23)11-16(24)25/h3-5,10H,6-9,11H2,1-2H3,(H,24,25). The predicted octanol–water partition coefficient (Wildman–Crippen LogP) is 2.11. The van der Waals surface area contributed by atoms with E-state index in [-0.39, 0.29) is 12.4 Å². The molecule has 3 rings (SSSR count). The van der Waals surface area contributed by atoms with Crippen LogP contribution in [0.5, 0.6) is 0 Å². The van der Waals surface area contributed by atoms with Crippen LogP contribution < -0.4 is 4.90 Å². The van der Waals surface area contributed by atoms with Gasteiger partial charge in [0.2, 0.25) is 0 Å². The van der Waals surface area contributed by atoms with E-state index in [0.29, 0.717) is 37.6 Å². The van der Waals surface area contributed by atoms with Crippen molar-refractivity contribution in [2.75, 3.05) is 37.6 Å². The number of anilines is 1. The first-order valence-electron chi connectivity index (χ1n) is 8.24. The summed E-state index contributed by atoms with van der Waals surface area (Å²) in [7, 11) is 0. The summed E-state index contributed by atoms with van der Waals surface area (Å²) in [6.07, 6.45) is 0. The molecule has 1 N–H and O–H groups in total. The molecule has 1 aliphatic rings. The molecule has 7 heteroatoms. The Morgan fingerprint density at radius 1 is 1.20 bits per heavy atom. The number of halogens is 1. The van der Waals surface area contributed by atoms with Crippen LogP contribution in [-0.2, 0) is 4.79 Å². The summed E-state index contributed by atoms with van der Waals surface area (Å²) < 4.78 is 13.5. The van der Waals surface area contributed by atoms with Gasteiger partial charge in [-0.3, -0.25) is 9.69 Å². The fraction of sp³-hybridized carbons (Fsp3) is 0.389. The maximum atomic E-state index is 13.5. The summed E-state index contributed by atoms with van der Waals surface area (Å²) in [5.41, 5.74) is 2.50. The van der Waals surface area contributed by atoms with Crippen molar-refractivity contribution in [1.29, 1.82) is 0 Å². The molecule has 0 bridgehead atoms. The first-order chi connectivity index (χ1) is 11.9. The van der Waals surface area contributed by atoms with Crippen LogP contribution in [0.1, 0.15) is 11.3 Å². The van der Waals surface area contributed by atoms with Crippen LogP contribution in [0.2, 0.25) is 0 Å². The molecule has 2 aromatic rings. The Morgan fingerprint density at radius 2 is 1.92 bits per heavy atom. The van der Waals surface area contributed by atoms with Gasteiger partial charge in [-0.05, 0) is 26.0 Å². The average Bonchev–Trinajstić information content (AvgIpc) is 2.57. The molecule has 0 saturated carbocycles. The summed E-state index contributed by atoms with van der Waals surface area (Å²) in [4.78, 5) is 24.1. The van der Waals surface area contributed by atoms with E-state index in [2.05, 4.69) is 14.9 Å². The van der Waals surface area contributed by atoms with Crippen molar-refractivity contribution in [1.82, 2.24) is 14.9 Å². The lowest BCUT2D eigenvalue weighted by Crippen LogP contribution is -2.48. The number of carboxylic acid groups (broad SMARTS) is 1. The van der Waals surface area contributed by atoms with Crippen molar-refractivity contribution in [2.45, 2.75) is 13.8 Å². The van der Waals surface area contributed by atoms with Crippen LogP contribution in [0.4, 0.5) is 10.2 Å². The van der Waals surface area contributed by atoms with Gasteiger partial charge >= 0.3 is 5.97 Å². The van der Waals surface area contributed by atoms with Gasteiger partial charge in [0.05, 0.1) is 6.54 Å². The SMILES string of the molecule is Cc1nc(-c2cccc(F)c2)nc(N2CCN(CC(=O)O)CC2)c1C. The number of benzene rings is 1. The number of hydrogen-bond acceptors (Lipinski definition) is 5. The number of carbonyl (C=O) groups is 1. The van der Waals surface area contributed by atoms with Crippen molar-refractivity contribution < 1.29 is 14.3 Å². The molecular formula is C18H21FN4O2. The fourth-order valence-corrected chi connectivity index (χ4v) is 2.99. The third-order valence-electron chi connectivity index (χ3n) is 4.48. The lowest BCUT2D eigenvalue weighted by Gasteiger charge is -2.35. The predicted molar refractivity (Wildman–Crippen MR) is 93.2 cm³/mol. The summed E-state index contributed by atoms with van der Waals surface area (Å²) in [5, 5.41) is 8.91. The molecule has 1 aliphatic heterocycles. The van der Waals surface area contributed by atoms with Gasteiger partial charge in [-0.2, -0.15) is 0 Å². The van der Waals surface area contributed by atoms with E-state index in [9.17, 15) is 9.18 Å². The largest absolute Gasteiger partial charge is 0.480 e. The second-order valence-electron chi connectivity index (χ2n) is 6.25. The highest BCUT2D eigenvalue weighted by Crippen LogP contribution is 2.25. The summed E-state index contributed by atoms with van der Waals surface area (Å²) in [5.74, 6) is 0.214. The third kappa shape index (κ3) is 3.93. The number of aliphatic carboxylic acids is 1. The Morgan fingerprint density at radius 3 is 2.56 bits per heavy atom. The number of nitrogens with zero attached hydrogens (tertiary/aromatic N) is 4. The lowest BCUT2D eigenvalue weighted by atomic mass is 10.1. The number of aromatic nitrogens is 2. The molecule has 25 heavy (non-hydrogen) atoms. The van der Waals surface area contributed by atoms with Crippen molar-refractivity contribution in [2.24, 2.45) is 0 Å². The maximum absolute atomic E-state index is 13.5. The van der Waals surface area contributed by atoms with Crippen LogP contribution in [0.3, 0.4) is 0 Å². The van der Waals surface area contributed by atoms with Gasteiger partial charge in [0.1, 0.15) is 11.6 Å². The zero-order valence-corrected chi connectivity index (χ0v) is 14.4. The second-order valence-corrected chi connectivity index (χ2v) is 6.25. The fourth-order valence-electron chi connectivity index (χ4n) is 2.99. The molecule has 0 radical (unpaired) electrons. The number of aryl methyl sites for hydroxylation is 1. The van der Waals surface area contributed by atoms with Gasteiger partial charge in [0, 0.05) is 43.0 Å². The zero-order valence-electron chi connectivity index (χ0n) is 14.4. The van der Waals surface area contributed by atoms with Crippen LogP contribution in [-0.4, -0.2) is 58.7 Å². The first kappa shape index (κ1) is 17.3. The van der Waals surface area contributed by atoms with E-state index in [0.717, 1.165) is 17.1 Å². The molecule has 0 unspecified atom stereocenters. The van der Waals surface area contributed by atoms with Crippen LogP contribution in [0.15, 0.2) is 24.3 Å². The van der Waals surface area contributed by atoms with Crippen molar-refractivity contribution in [3.63, 3.8) is 0 Å². The minimum atomic E-state index is -0.809. The zero-order chi connectivity index (χ0) is 18.0. The Bertz CT molecular complexity index is 789. The molecule has 1 fully saturated rings. The second kappa shape index (κ2) is 7.14. The molecule has 6 nitrogen and oxygen atoms in total. The Kier molecular flexibility index (Phi) is 4.94. The van der Waals surface area contributed by atoms with E-state index in [4.69, 9.17) is 5.11 Å². The minimum absolute atomic E-state index is 0.0597. The molecular weight excluding hydrogens is 323 g/mol. The third-order valence-corrected chi connectivity index (χ3v) is 4.48. The summed E-state index contributed by atoms with van der Waals surface area (Å²) >= 11 is 0. The highest BCUT2D eigenvalue weighted by atomic mass is 19.1.